The molecule has 6 heteroatoms. The summed E-state index contributed by atoms with van der Waals surface area (Å²) in [6, 6.07) is 10.8. The van der Waals surface area contributed by atoms with Gasteiger partial charge in [-0.2, -0.15) is 5.26 Å². The van der Waals surface area contributed by atoms with Crippen LogP contribution >= 0.6 is 0 Å². The maximum Gasteiger partial charge on any atom is 0.163 e. The Morgan fingerprint density at radius 1 is 1.22 bits per heavy atom. The molecular weight excluding hydrogens is 336 g/mol. The quantitative estimate of drug-likeness (QED) is 0.845. The van der Waals surface area contributed by atoms with E-state index in [4.69, 9.17) is 16.0 Å². The molecular formula is C21H22N6. The van der Waals surface area contributed by atoms with Gasteiger partial charge in [0.25, 0.3) is 0 Å². The first-order valence-corrected chi connectivity index (χ1v) is 9.52. The fourth-order valence-electron chi connectivity index (χ4n) is 4.93. The Bertz CT molecular complexity index is 994. The number of hydrogen-bond acceptors (Lipinski definition) is 6. The van der Waals surface area contributed by atoms with Gasteiger partial charge >= 0.3 is 0 Å². The van der Waals surface area contributed by atoms with Gasteiger partial charge in [0.15, 0.2) is 5.71 Å². The number of fused-ring (bicyclic) bond motifs is 2. The fraction of sp³-hybridized carbons (Fsp3) is 0.429. The lowest BCUT2D eigenvalue weighted by molar-refractivity contribution is 0.187. The van der Waals surface area contributed by atoms with Crippen molar-refractivity contribution in [2.75, 3.05) is 18.0 Å². The zero-order chi connectivity index (χ0) is 18.6. The lowest BCUT2D eigenvalue weighted by atomic mass is 9.73. The summed E-state index contributed by atoms with van der Waals surface area (Å²) in [4.78, 5) is 16.0. The standard InChI is InChI=1S/C21H22N6/c1-13-20(26-17-12-24-16(11-22)18(17)25-13)27-8-6-21(7-9-27)10-14-4-2-3-5-15(14)19(21)23/h2-5,19H,6-10,12,23H2,1H3/t19-/m1/s1. The van der Waals surface area contributed by atoms with E-state index in [-0.39, 0.29) is 11.5 Å². The van der Waals surface area contributed by atoms with Crippen molar-refractivity contribution < 1.29 is 0 Å². The molecule has 0 unspecified atom stereocenters. The molecule has 0 amide bonds. The van der Waals surface area contributed by atoms with Gasteiger partial charge in [-0.1, -0.05) is 24.3 Å². The van der Waals surface area contributed by atoms with E-state index in [9.17, 15) is 0 Å². The summed E-state index contributed by atoms with van der Waals surface area (Å²) in [7, 11) is 0. The molecule has 1 atom stereocenters. The van der Waals surface area contributed by atoms with Gasteiger partial charge in [-0.25, -0.2) is 9.97 Å². The van der Waals surface area contributed by atoms with Crippen LogP contribution in [-0.4, -0.2) is 28.8 Å². The van der Waals surface area contributed by atoms with Crippen molar-refractivity contribution in [1.29, 1.82) is 5.26 Å². The number of piperidine rings is 1. The number of aryl methyl sites for hydroxylation is 1. The van der Waals surface area contributed by atoms with Crippen molar-refractivity contribution in [3.05, 3.63) is 52.5 Å². The van der Waals surface area contributed by atoms with Gasteiger partial charge in [-0.05, 0) is 42.7 Å². The van der Waals surface area contributed by atoms with E-state index >= 15 is 0 Å². The second-order valence-corrected chi connectivity index (χ2v) is 7.91. The average Bonchev–Trinajstić information content (AvgIpc) is 3.21. The molecule has 1 saturated heterocycles. The van der Waals surface area contributed by atoms with Crippen molar-refractivity contribution in [1.82, 2.24) is 9.97 Å². The Kier molecular flexibility index (Phi) is 3.56. The topological polar surface area (TPSA) is 91.2 Å². The number of aromatic nitrogens is 2. The Balaban J connectivity index is 1.38. The maximum absolute atomic E-state index is 9.17. The van der Waals surface area contributed by atoms with E-state index < -0.39 is 0 Å². The molecule has 0 radical (unpaired) electrons. The van der Waals surface area contributed by atoms with Crippen molar-refractivity contribution in [3.8, 4) is 6.07 Å². The molecule has 2 aromatic rings. The second-order valence-electron chi connectivity index (χ2n) is 7.91. The summed E-state index contributed by atoms with van der Waals surface area (Å²) in [6.45, 7) is 4.29. The summed E-state index contributed by atoms with van der Waals surface area (Å²) in [5.41, 5.74) is 12.3. The third-order valence-corrected chi connectivity index (χ3v) is 6.49. The van der Waals surface area contributed by atoms with E-state index in [0.29, 0.717) is 18.0 Å². The number of hydrogen-bond donors (Lipinski definition) is 1. The highest BCUT2D eigenvalue weighted by Crippen LogP contribution is 2.51. The molecule has 1 fully saturated rings. The SMILES string of the molecule is Cc1nc2c(nc1N1CCC3(CC1)Cc1ccccc1[C@H]3N)CN=C2C#N. The Hall–Kier alpha value is -2.78. The number of nitrogens with two attached hydrogens (primary N) is 1. The van der Waals surface area contributed by atoms with Crippen LogP contribution in [0.2, 0.25) is 0 Å². The monoisotopic (exact) mass is 358 g/mol. The van der Waals surface area contributed by atoms with Crippen LogP contribution < -0.4 is 10.6 Å². The van der Waals surface area contributed by atoms with Gasteiger partial charge in [-0.15, -0.1) is 0 Å². The molecule has 3 heterocycles. The van der Waals surface area contributed by atoms with E-state index in [2.05, 4.69) is 45.2 Å². The number of rotatable bonds is 1. The average molecular weight is 358 g/mol. The van der Waals surface area contributed by atoms with Gasteiger partial charge < -0.3 is 10.6 Å². The first kappa shape index (κ1) is 16.4. The van der Waals surface area contributed by atoms with Crippen LogP contribution in [0.1, 0.15) is 47.1 Å². The number of nitrogens with zero attached hydrogens (tertiary/aromatic N) is 5. The van der Waals surface area contributed by atoms with Gasteiger partial charge in [0.1, 0.15) is 17.6 Å². The van der Waals surface area contributed by atoms with Crippen molar-refractivity contribution >= 4 is 11.5 Å². The van der Waals surface area contributed by atoms with Crippen LogP contribution in [0.25, 0.3) is 0 Å². The number of anilines is 1. The van der Waals surface area contributed by atoms with Crippen LogP contribution in [0.4, 0.5) is 5.82 Å². The highest BCUT2D eigenvalue weighted by Gasteiger charge is 2.46. The van der Waals surface area contributed by atoms with Crippen LogP contribution in [0, 0.1) is 23.7 Å². The zero-order valence-corrected chi connectivity index (χ0v) is 15.4. The van der Waals surface area contributed by atoms with Gasteiger partial charge in [-0.3, -0.25) is 4.99 Å². The van der Waals surface area contributed by atoms with E-state index in [1.807, 2.05) is 6.92 Å². The normalized spacial score (nSPS) is 22.3. The molecule has 1 aromatic carbocycles. The molecule has 27 heavy (non-hydrogen) atoms. The van der Waals surface area contributed by atoms with Gasteiger partial charge in [0.2, 0.25) is 0 Å². The molecule has 1 spiro atoms. The summed E-state index contributed by atoms with van der Waals surface area (Å²) >= 11 is 0. The molecule has 3 aliphatic rings. The molecule has 1 aromatic heterocycles. The third-order valence-electron chi connectivity index (χ3n) is 6.49. The number of aliphatic imine (C=N–C) groups is 1. The summed E-state index contributed by atoms with van der Waals surface area (Å²) in [5.74, 6) is 0.932. The van der Waals surface area contributed by atoms with Crippen LogP contribution in [-0.2, 0) is 13.0 Å². The molecule has 6 nitrogen and oxygen atoms in total. The van der Waals surface area contributed by atoms with Crippen LogP contribution in [0.3, 0.4) is 0 Å². The second kappa shape index (κ2) is 5.86. The Morgan fingerprint density at radius 3 is 2.74 bits per heavy atom. The number of nitriles is 1. The maximum atomic E-state index is 9.17. The smallest absolute Gasteiger partial charge is 0.163 e. The lowest BCUT2D eigenvalue weighted by Crippen LogP contribution is -2.45. The minimum absolute atomic E-state index is 0.120. The fourth-order valence-corrected chi connectivity index (χ4v) is 4.93. The van der Waals surface area contributed by atoms with E-state index in [0.717, 1.165) is 49.6 Å². The van der Waals surface area contributed by atoms with Crippen molar-refractivity contribution in [2.24, 2.45) is 16.1 Å². The lowest BCUT2D eigenvalue weighted by Gasteiger charge is -2.42. The van der Waals surface area contributed by atoms with Crippen molar-refractivity contribution in [2.45, 2.75) is 38.8 Å². The molecule has 5 rings (SSSR count). The third kappa shape index (κ3) is 2.38. The predicted octanol–water partition coefficient (Wildman–Crippen LogP) is 2.45. The first-order valence-electron chi connectivity index (χ1n) is 9.52. The molecule has 136 valence electrons. The molecule has 0 bridgehead atoms. The van der Waals surface area contributed by atoms with Crippen LogP contribution in [0.5, 0.6) is 0 Å². The predicted molar refractivity (Wildman–Crippen MR) is 104 cm³/mol. The van der Waals surface area contributed by atoms with Gasteiger partial charge in [0, 0.05) is 19.1 Å². The minimum atomic E-state index is 0.120. The summed E-state index contributed by atoms with van der Waals surface area (Å²) in [6.07, 6.45) is 3.19. The molecule has 2 aliphatic heterocycles. The zero-order valence-electron chi connectivity index (χ0n) is 15.4. The van der Waals surface area contributed by atoms with Crippen LogP contribution in [0.15, 0.2) is 29.3 Å². The Morgan fingerprint density at radius 2 is 2.00 bits per heavy atom. The van der Waals surface area contributed by atoms with E-state index in [1.165, 1.54) is 11.1 Å². The largest absolute Gasteiger partial charge is 0.355 e. The number of benzene rings is 1. The minimum Gasteiger partial charge on any atom is -0.355 e. The Labute approximate surface area is 158 Å². The molecule has 1 aliphatic carbocycles. The van der Waals surface area contributed by atoms with Gasteiger partial charge in [0.05, 0.1) is 17.9 Å². The molecule has 2 N–H and O–H groups in total. The van der Waals surface area contributed by atoms with E-state index in [1.54, 1.807) is 0 Å². The summed E-state index contributed by atoms with van der Waals surface area (Å²) < 4.78 is 0. The highest BCUT2D eigenvalue weighted by atomic mass is 15.2. The highest BCUT2D eigenvalue weighted by molar-refractivity contribution is 6.12. The first-order chi connectivity index (χ1) is 13.1. The molecule has 0 saturated carbocycles. The van der Waals surface area contributed by atoms with Crippen molar-refractivity contribution in [3.63, 3.8) is 0 Å². The summed E-state index contributed by atoms with van der Waals surface area (Å²) in [5, 5.41) is 9.17.